The number of aromatic nitrogens is 2. The van der Waals surface area contributed by atoms with Crippen molar-refractivity contribution in [3.63, 3.8) is 0 Å². The molecule has 1 aromatic heterocycles. The summed E-state index contributed by atoms with van der Waals surface area (Å²) in [6.07, 6.45) is 3.39. The van der Waals surface area contributed by atoms with Crippen LogP contribution in [0.3, 0.4) is 0 Å². The highest BCUT2D eigenvalue weighted by molar-refractivity contribution is 5.93. The van der Waals surface area contributed by atoms with Crippen molar-refractivity contribution in [2.75, 3.05) is 18.9 Å². The molecule has 0 aliphatic carbocycles. The minimum atomic E-state index is -0.826. The molecule has 120 valence electrons. The highest BCUT2D eigenvalue weighted by Crippen LogP contribution is 2.23. The highest BCUT2D eigenvalue weighted by atomic mass is 16.4. The molecule has 0 aromatic carbocycles. The van der Waals surface area contributed by atoms with E-state index in [4.69, 9.17) is 5.11 Å². The van der Waals surface area contributed by atoms with Crippen molar-refractivity contribution < 1.29 is 14.7 Å². The number of aliphatic carboxylic acids is 1. The Morgan fingerprint density at radius 3 is 2.86 bits per heavy atom. The molecular formula is C15H22N4O3. The van der Waals surface area contributed by atoms with Crippen molar-refractivity contribution in [3.8, 4) is 0 Å². The SMILES string of the molecule is CNc1nc(C)cc(C(=O)N2CCCCC2CCC(=O)O)n1. The normalized spacial score (nSPS) is 18.1. The number of carbonyl (C=O) groups excluding carboxylic acids is 1. The molecule has 1 aliphatic heterocycles. The lowest BCUT2D eigenvalue weighted by Gasteiger charge is -2.35. The first-order valence-corrected chi connectivity index (χ1v) is 7.57. The number of carbonyl (C=O) groups is 2. The van der Waals surface area contributed by atoms with E-state index in [1.54, 1.807) is 18.0 Å². The van der Waals surface area contributed by atoms with Crippen molar-refractivity contribution in [3.05, 3.63) is 17.5 Å². The number of anilines is 1. The van der Waals surface area contributed by atoms with Gasteiger partial charge in [0.25, 0.3) is 5.91 Å². The largest absolute Gasteiger partial charge is 0.481 e. The van der Waals surface area contributed by atoms with Crippen LogP contribution in [-0.2, 0) is 4.79 Å². The predicted octanol–water partition coefficient (Wildman–Crippen LogP) is 1.69. The van der Waals surface area contributed by atoms with Gasteiger partial charge in [-0.3, -0.25) is 9.59 Å². The zero-order valence-electron chi connectivity index (χ0n) is 13.0. The number of nitrogens with one attached hydrogen (secondary N) is 1. The molecule has 1 fully saturated rings. The van der Waals surface area contributed by atoms with E-state index >= 15 is 0 Å². The average molecular weight is 306 g/mol. The standard InChI is InChI=1S/C15H22N4O3/c1-10-9-12(18-15(16-2)17-10)14(22)19-8-4-3-5-11(19)6-7-13(20)21/h9,11H,3-8H2,1-2H3,(H,20,21)(H,16,17,18). The fraction of sp³-hybridized carbons (Fsp3) is 0.600. The Balaban J connectivity index is 2.17. The third kappa shape index (κ3) is 3.93. The third-order valence-corrected chi connectivity index (χ3v) is 3.88. The predicted molar refractivity (Wildman–Crippen MR) is 81.9 cm³/mol. The van der Waals surface area contributed by atoms with Crippen molar-refractivity contribution >= 4 is 17.8 Å². The molecule has 1 amide bonds. The summed E-state index contributed by atoms with van der Waals surface area (Å²) in [5.74, 6) is -0.548. The molecule has 1 saturated heterocycles. The van der Waals surface area contributed by atoms with Crippen LogP contribution in [0.25, 0.3) is 0 Å². The number of hydrogen-bond acceptors (Lipinski definition) is 5. The quantitative estimate of drug-likeness (QED) is 0.859. The fourth-order valence-electron chi connectivity index (χ4n) is 2.80. The van der Waals surface area contributed by atoms with Crippen LogP contribution in [0.15, 0.2) is 6.07 Å². The van der Waals surface area contributed by atoms with Gasteiger partial charge in [0.15, 0.2) is 0 Å². The van der Waals surface area contributed by atoms with Crippen LogP contribution >= 0.6 is 0 Å². The van der Waals surface area contributed by atoms with Gasteiger partial charge in [-0.25, -0.2) is 9.97 Å². The maximum atomic E-state index is 12.7. The van der Waals surface area contributed by atoms with Crippen molar-refractivity contribution in [2.24, 2.45) is 0 Å². The number of nitrogens with zero attached hydrogens (tertiary/aromatic N) is 3. The number of amides is 1. The van der Waals surface area contributed by atoms with Gasteiger partial charge in [0.05, 0.1) is 0 Å². The van der Waals surface area contributed by atoms with E-state index in [0.717, 1.165) is 25.0 Å². The molecular weight excluding hydrogens is 284 g/mol. The van der Waals surface area contributed by atoms with Gasteiger partial charge in [0.1, 0.15) is 5.69 Å². The first-order chi connectivity index (χ1) is 10.5. The number of rotatable bonds is 5. The number of carboxylic acid groups (broad SMARTS) is 1. The van der Waals surface area contributed by atoms with Gasteiger partial charge in [-0.2, -0.15) is 0 Å². The first kappa shape index (κ1) is 16.2. The lowest BCUT2D eigenvalue weighted by atomic mass is 9.97. The van der Waals surface area contributed by atoms with Gasteiger partial charge in [-0.15, -0.1) is 0 Å². The van der Waals surface area contributed by atoms with E-state index in [9.17, 15) is 9.59 Å². The second-order valence-electron chi connectivity index (χ2n) is 5.55. The Morgan fingerprint density at radius 1 is 1.41 bits per heavy atom. The summed E-state index contributed by atoms with van der Waals surface area (Å²) in [6, 6.07) is 1.65. The molecule has 0 bridgehead atoms. The minimum Gasteiger partial charge on any atom is -0.481 e. The van der Waals surface area contributed by atoms with Crippen molar-refractivity contribution in [1.29, 1.82) is 0 Å². The number of hydrogen-bond donors (Lipinski definition) is 2. The van der Waals surface area contributed by atoms with E-state index in [1.807, 2.05) is 6.92 Å². The van der Waals surface area contributed by atoms with E-state index in [-0.39, 0.29) is 18.4 Å². The summed E-state index contributed by atoms with van der Waals surface area (Å²) < 4.78 is 0. The Bertz CT molecular complexity index is 562. The number of carboxylic acids is 1. The fourth-order valence-corrected chi connectivity index (χ4v) is 2.80. The average Bonchev–Trinajstić information content (AvgIpc) is 2.51. The molecule has 0 spiro atoms. The number of likely N-dealkylation sites (tertiary alicyclic amines) is 1. The van der Waals surface area contributed by atoms with Crippen LogP contribution in [0.2, 0.25) is 0 Å². The summed E-state index contributed by atoms with van der Waals surface area (Å²) >= 11 is 0. The zero-order valence-corrected chi connectivity index (χ0v) is 13.0. The van der Waals surface area contributed by atoms with Crippen LogP contribution < -0.4 is 5.32 Å². The van der Waals surface area contributed by atoms with E-state index in [1.165, 1.54) is 0 Å². The molecule has 0 saturated carbocycles. The summed E-state index contributed by atoms with van der Waals surface area (Å²) in [4.78, 5) is 33.7. The Hall–Kier alpha value is -2.18. The molecule has 1 unspecified atom stereocenters. The van der Waals surface area contributed by atoms with Gasteiger partial charge in [0.2, 0.25) is 5.95 Å². The third-order valence-electron chi connectivity index (χ3n) is 3.88. The second-order valence-corrected chi connectivity index (χ2v) is 5.55. The van der Waals surface area contributed by atoms with Gasteiger partial charge in [-0.1, -0.05) is 0 Å². The Morgan fingerprint density at radius 2 is 2.18 bits per heavy atom. The molecule has 2 N–H and O–H groups in total. The van der Waals surface area contributed by atoms with Crippen LogP contribution in [-0.4, -0.2) is 51.5 Å². The molecule has 7 nitrogen and oxygen atoms in total. The van der Waals surface area contributed by atoms with E-state index in [0.29, 0.717) is 24.6 Å². The zero-order chi connectivity index (χ0) is 16.1. The highest BCUT2D eigenvalue weighted by Gasteiger charge is 2.28. The first-order valence-electron chi connectivity index (χ1n) is 7.57. The number of piperidine rings is 1. The van der Waals surface area contributed by atoms with E-state index < -0.39 is 5.97 Å². The maximum Gasteiger partial charge on any atom is 0.303 e. The van der Waals surface area contributed by atoms with Gasteiger partial charge >= 0.3 is 5.97 Å². The summed E-state index contributed by atoms with van der Waals surface area (Å²) in [5, 5.41) is 11.7. The molecule has 1 aromatic rings. The lowest BCUT2D eigenvalue weighted by molar-refractivity contribution is -0.137. The van der Waals surface area contributed by atoms with Crippen LogP contribution in [0, 0.1) is 6.92 Å². The lowest BCUT2D eigenvalue weighted by Crippen LogP contribution is -2.44. The topological polar surface area (TPSA) is 95.4 Å². The Kier molecular flexibility index (Phi) is 5.30. The number of aryl methyl sites for hydroxylation is 1. The van der Waals surface area contributed by atoms with Gasteiger partial charge in [0, 0.05) is 31.7 Å². The minimum absolute atomic E-state index is 0.0225. The van der Waals surface area contributed by atoms with Gasteiger partial charge in [-0.05, 0) is 38.7 Å². The molecule has 2 rings (SSSR count). The summed E-state index contributed by atoms with van der Waals surface area (Å²) in [6.45, 7) is 2.47. The van der Waals surface area contributed by atoms with Crippen molar-refractivity contribution in [2.45, 2.75) is 45.1 Å². The molecule has 7 heteroatoms. The second kappa shape index (κ2) is 7.20. The molecule has 0 radical (unpaired) electrons. The molecule has 1 aliphatic rings. The van der Waals surface area contributed by atoms with Gasteiger partial charge < -0.3 is 15.3 Å². The monoisotopic (exact) mass is 306 g/mol. The Labute approximate surface area is 129 Å². The summed E-state index contributed by atoms with van der Waals surface area (Å²) in [7, 11) is 1.71. The smallest absolute Gasteiger partial charge is 0.303 e. The summed E-state index contributed by atoms with van der Waals surface area (Å²) in [5.41, 5.74) is 1.08. The maximum absolute atomic E-state index is 12.7. The van der Waals surface area contributed by atoms with Crippen LogP contribution in [0.5, 0.6) is 0 Å². The van der Waals surface area contributed by atoms with Crippen LogP contribution in [0.4, 0.5) is 5.95 Å². The molecule has 22 heavy (non-hydrogen) atoms. The molecule has 2 heterocycles. The van der Waals surface area contributed by atoms with Crippen LogP contribution in [0.1, 0.15) is 48.3 Å². The van der Waals surface area contributed by atoms with Crippen molar-refractivity contribution in [1.82, 2.24) is 14.9 Å². The van der Waals surface area contributed by atoms with E-state index in [2.05, 4.69) is 15.3 Å². The molecule has 1 atom stereocenters.